The van der Waals surface area contributed by atoms with Gasteiger partial charge in [-0.2, -0.15) is 0 Å². The van der Waals surface area contributed by atoms with Gasteiger partial charge in [-0.05, 0) is 17.7 Å². The zero-order valence-corrected chi connectivity index (χ0v) is 9.39. The van der Waals surface area contributed by atoms with Crippen molar-refractivity contribution in [3.05, 3.63) is 29.6 Å². The fraction of sp³-hybridized carbons (Fsp3) is 0.455. The molecule has 2 nitrogen and oxygen atoms in total. The number of benzene rings is 1. The van der Waals surface area contributed by atoms with Gasteiger partial charge in [0.1, 0.15) is 0 Å². The number of hydrogen-bond acceptors (Lipinski definition) is 2. The molecular formula is C11H14ClFO2. The number of ether oxygens (including phenoxy) is 2. The molecule has 1 aromatic rings. The lowest BCUT2D eigenvalue weighted by molar-refractivity contribution is 0.170. The molecule has 0 bridgehead atoms. The summed E-state index contributed by atoms with van der Waals surface area (Å²) in [6.07, 6.45) is 0.743. The van der Waals surface area contributed by atoms with E-state index in [-0.39, 0.29) is 11.6 Å². The van der Waals surface area contributed by atoms with Crippen molar-refractivity contribution in [1.29, 1.82) is 0 Å². The van der Waals surface area contributed by atoms with E-state index < -0.39 is 0 Å². The minimum absolute atomic E-state index is 0.264. The first-order chi connectivity index (χ1) is 7.27. The molecule has 1 aromatic carbocycles. The van der Waals surface area contributed by atoms with Crippen molar-refractivity contribution >= 4 is 11.6 Å². The Balaban J connectivity index is 2.47. The Morgan fingerprint density at radius 2 is 2.13 bits per heavy atom. The smallest absolute Gasteiger partial charge is 0.165 e. The van der Waals surface area contributed by atoms with Crippen molar-refractivity contribution in [2.75, 3.05) is 20.3 Å². The standard InChI is InChI=1S/C11H14ClFO2/c1-14-5-2-6-15-11-4-3-9(8-12)7-10(11)13/h3-4,7H,2,5-6,8H2,1H3. The van der Waals surface area contributed by atoms with Crippen LogP contribution in [0.25, 0.3) is 0 Å². The van der Waals surface area contributed by atoms with E-state index in [0.29, 0.717) is 19.1 Å². The Bertz CT molecular complexity index is 305. The van der Waals surface area contributed by atoms with Gasteiger partial charge in [0, 0.05) is 26.0 Å². The van der Waals surface area contributed by atoms with Gasteiger partial charge in [-0.25, -0.2) is 4.39 Å². The van der Waals surface area contributed by atoms with Crippen molar-refractivity contribution in [3.8, 4) is 5.75 Å². The van der Waals surface area contributed by atoms with Crippen molar-refractivity contribution in [2.45, 2.75) is 12.3 Å². The van der Waals surface area contributed by atoms with Crippen LogP contribution in [0.2, 0.25) is 0 Å². The van der Waals surface area contributed by atoms with E-state index in [2.05, 4.69) is 0 Å². The van der Waals surface area contributed by atoms with Crippen LogP contribution in [0, 0.1) is 5.82 Å². The van der Waals surface area contributed by atoms with E-state index in [0.717, 1.165) is 12.0 Å². The minimum Gasteiger partial charge on any atom is -0.490 e. The Hall–Kier alpha value is -0.800. The molecule has 0 aliphatic heterocycles. The lowest BCUT2D eigenvalue weighted by Crippen LogP contribution is -2.02. The van der Waals surface area contributed by atoms with Gasteiger partial charge in [0.05, 0.1) is 6.61 Å². The van der Waals surface area contributed by atoms with Crippen molar-refractivity contribution in [1.82, 2.24) is 0 Å². The third kappa shape index (κ3) is 4.06. The summed E-state index contributed by atoms with van der Waals surface area (Å²) in [6.45, 7) is 1.06. The van der Waals surface area contributed by atoms with Crippen LogP contribution in [0.5, 0.6) is 5.75 Å². The summed E-state index contributed by atoms with van der Waals surface area (Å²) in [5, 5.41) is 0. The molecule has 0 unspecified atom stereocenters. The molecule has 0 saturated heterocycles. The molecule has 0 radical (unpaired) electrons. The lowest BCUT2D eigenvalue weighted by atomic mass is 10.2. The van der Waals surface area contributed by atoms with E-state index in [9.17, 15) is 4.39 Å². The second-order valence-corrected chi connectivity index (χ2v) is 3.36. The highest BCUT2D eigenvalue weighted by Gasteiger charge is 2.03. The molecule has 0 heterocycles. The van der Waals surface area contributed by atoms with Crippen LogP contribution < -0.4 is 4.74 Å². The molecule has 84 valence electrons. The molecule has 0 N–H and O–H groups in total. The Morgan fingerprint density at radius 3 is 2.73 bits per heavy atom. The van der Waals surface area contributed by atoms with Crippen LogP contribution >= 0.6 is 11.6 Å². The summed E-state index contributed by atoms with van der Waals surface area (Å²) in [7, 11) is 1.62. The van der Waals surface area contributed by atoms with Gasteiger partial charge in [-0.15, -0.1) is 11.6 Å². The van der Waals surface area contributed by atoms with Crippen LogP contribution in [0.3, 0.4) is 0 Å². The van der Waals surface area contributed by atoms with Crippen LogP contribution in [0.15, 0.2) is 18.2 Å². The first-order valence-corrected chi connectivity index (χ1v) is 5.27. The number of alkyl halides is 1. The molecule has 0 aliphatic rings. The largest absolute Gasteiger partial charge is 0.490 e. The molecule has 0 atom stereocenters. The lowest BCUT2D eigenvalue weighted by Gasteiger charge is -2.07. The van der Waals surface area contributed by atoms with Crippen LogP contribution in [0.4, 0.5) is 4.39 Å². The maximum atomic E-state index is 13.3. The highest BCUT2D eigenvalue weighted by Crippen LogP contribution is 2.19. The molecule has 0 fully saturated rings. The quantitative estimate of drug-likeness (QED) is 0.555. The number of halogens is 2. The molecular weight excluding hydrogens is 219 g/mol. The number of methoxy groups -OCH3 is 1. The van der Waals surface area contributed by atoms with Gasteiger partial charge >= 0.3 is 0 Å². The van der Waals surface area contributed by atoms with Crippen LogP contribution in [-0.2, 0) is 10.6 Å². The maximum Gasteiger partial charge on any atom is 0.165 e. The highest BCUT2D eigenvalue weighted by molar-refractivity contribution is 6.17. The molecule has 1 rings (SSSR count). The summed E-state index contributed by atoms with van der Waals surface area (Å²) in [4.78, 5) is 0. The van der Waals surface area contributed by atoms with Crippen LogP contribution in [0.1, 0.15) is 12.0 Å². The molecule has 4 heteroatoms. The van der Waals surface area contributed by atoms with E-state index in [1.807, 2.05) is 0 Å². The van der Waals surface area contributed by atoms with Gasteiger partial charge in [0.15, 0.2) is 11.6 Å². The average Bonchev–Trinajstić information content (AvgIpc) is 2.26. The van der Waals surface area contributed by atoms with Crippen molar-refractivity contribution in [2.24, 2.45) is 0 Å². The topological polar surface area (TPSA) is 18.5 Å². The molecule has 0 amide bonds. The summed E-state index contributed by atoms with van der Waals surface area (Å²) in [6, 6.07) is 4.74. The van der Waals surface area contributed by atoms with Crippen molar-refractivity contribution in [3.63, 3.8) is 0 Å². The zero-order valence-electron chi connectivity index (χ0n) is 8.63. The zero-order chi connectivity index (χ0) is 11.1. The highest BCUT2D eigenvalue weighted by atomic mass is 35.5. The second kappa shape index (κ2) is 6.64. The van der Waals surface area contributed by atoms with Gasteiger partial charge in [0.25, 0.3) is 0 Å². The molecule has 15 heavy (non-hydrogen) atoms. The predicted octanol–water partition coefficient (Wildman–Crippen LogP) is 2.98. The number of rotatable bonds is 6. The monoisotopic (exact) mass is 232 g/mol. The normalized spacial score (nSPS) is 10.3. The van der Waals surface area contributed by atoms with Gasteiger partial charge in [0.2, 0.25) is 0 Å². The van der Waals surface area contributed by atoms with Gasteiger partial charge in [-0.3, -0.25) is 0 Å². The molecule has 0 aromatic heterocycles. The fourth-order valence-electron chi connectivity index (χ4n) is 1.13. The summed E-state index contributed by atoms with van der Waals surface area (Å²) in [5.74, 6) is 0.200. The second-order valence-electron chi connectivity index (χ2n) is 3.09. The maximum absolute atomic E-state index is 13.3. The summed E-state index contributed by atoms with van der Waals surface area (Å²) < 4.78 is 23.4. The van der Waals surface area contributed by atoms with E-state index in [1.54, 1.807) is 19.2 Å². The van der Waals surface area contributed by atoms with E-state index >= 15 is 0 Å². The molecule has 0 spiro atoms. The average molecular weight is 233 g/mol. The first kappa shape index (κ1) is 12.3. The molecule has 0 saturated carbocycles. The van der Waals surface area contributed by atoms with E-state index in [4.69, 9.17) is 21.1 Å². The minimum atomic E-state index is -0.370. The third-order valence-corrected chi connectivity index (χ3v) is 2.21. The SMILES string of the molecule is COCCCOc1ccc(CCl)cc1F. The molecule has 0 aliphatic carbocycles. The first-order valence-electron chi connectivity index (χ1n) is 4.74. The summed E-state index contributed by atoms with van der Waals surface area (Å²) in [5.41, 5.74) is 0.749. The van der Waals surface area contributed by atoms with Gasteiger partial charge in [-0.1, -0.05) is 6.07 Å². The predicted molar refractivity (Wildman–Crippen MR) is 57.9 cm³/mol. The third-order valence-electron chi connectivity index (χ3n) is 1.90. The van der Waals surface area contributed by atoms with Crippen LogP contribution in [-0.4, -0.2) is 20.3 Å². The Labute approximate surface area is 94.0 Å². The Kier molecular flexibility index (Phi) is 5.43. The fourth-order valence-corrected chi connectivity index (χ4v) is 1.30. The van der Waals surface area contributed by atoms with E-state index in [1.165, 1.54) is 6.07 Å². The van der Waals surface area contributed by atoms with Gasteiger partial charge < -0.3 is 9.47 Å². The Morgan fingerprint density at radius 1 is 1.33 bits per heavy atom. The van der Waals surface area contributed by atoms with Crippen molar-refractivity contribution < 1.29 is 13.9 Å². The summed E-state index contributed by atoms with van der Waals surface area (Å²) >= 11 is 5.57. The number of hydrogen-bond donors (Lipinski definition) is 0.